The van der Waals surface area contributed by atoms with Gasteiger partial charge in [0.25, 0.3) is 0 Å². The lowest BCUT2D eigenvalue weighted by Crippen LogP contribution is -1.83. The number of aldehydes is 1. The summed E-state index contributed by atoms with van der Waals surface area (Å²) in [6.45, 7) is 0. The average molecular weight is 217 g/mol. The van der Waals surface area contributed by atoms with Crippen molar-refractivity contribution in [2.24, 2.45) is 0 Å². The molecular formula is C13H13OS+. The molecule has 0 aliphatic rings. The minimum Gasteiger partial charge on any atom is -0.298 e. The zero-order chi connectivity index (χ0) is 10.5. The number of thiophene rings is 1. The van der Waals surface area contributed by atoms with E-state index in [9.17, 15) is 4.79 Å². The van der Waals surface area contributed by atoms with Crippen LogP contribution in [0.4, 0.5) is 0 Å². The maximum atomic E-state index is 10.5. The van der Waals surface area contributed by atoms with Crippen molar-refractivity contribution in [3.8, 4) is 0 Å². The van der Waals surface area contributed by atoms with E-state index in [1.54, 1.807) is 0 Å². The van der Waals surface area contributed by atoms with Crippen LogP contribution in [-0.4, -0.2) is 6.29 Å². The van der Waals surface area contributed by atoms with Gasteiger partial charge in [-0.1, -0.05) is 30.3 Å². The second-order valence-electron chi connectivity index (χ2n) is 3.45. The van der Waals surface area contributed by atoms with Gasteiger partial charge in [0.15, 0.2) is 6.29 Å². The number of hydrogen-bond donors (Lipinski definition) is 0. The van der Waals surface area contributed by atoms with Gasteiger partial charge in [0.05, 0.1) is 5.56 Å². The minimum absolute atomic E-state index is 0.168. The number of benzene rings is 1. The molecule has 0 N–H and O–H groups in total. The molecule has 15 heavy (non-hydrogen) atoms. The first kappa shape index (κ1) is 10.1. The van der Waals surface area contributed by atoms with Crippen LogP contribution in [0.5, 0.6) is 0 Å². The van der Waals surface area contributed by atoms with Gasteiger partial charge in [-0.15, -0.1) is 0 Å². The molecule has 1 atom stereocenters. The van der Waals surface area contributed by atoms with E-state index < -0.39 is 0 Å². The summed E-state index contributed by atoms with van der Waals surface area (Å²) in [5.41, 5.74) is 2.19. The largest absolute Gasteiger partial charge is 0.298 e. The lowest BCUT2D eigenvalue weighted by molar-refractivity contribution is 0.112. The van der Waals surface area contributed by atoms with Crippen LogP contribution in [0.3, 0.4) is 0 Å². The molecule has 2 aromatic rings. The monoisotopic (exact) mass is 217 g/mol. The normalized spacial score (nSPS) is 11.3. The quantitative estimate of drug-likeness (QED) is 0.566. The van der Waals surface area contributed by atoms with Crippen molar-refractivity contribution in [2.75, 3.05) is 0 Å². The maximum Gasteiger partial charge on any atom is 0.155 e. The zero-order valence-electron chi connectivity index (χ0n) is 8.43. The Kier molecular flexibility index (Phi) is 3.30. The van der Waals surface area contributed by atoms with Crippen molar-refractivity contribution in [3.05, 3.63) is 58.3 Å². The van der Waals surface area contributed by atoms with Gasteiger partial charge in [-0.2, -0.15) is 0 Å². The lowest BCUT2D eigenvalue weighted by atomic mass is 10.2. The van der Waals surface area contributed by atoms with Crippen molar-refractivity contribution < 1.29 is 4.79 Å². The molecule has 0 saturated carbocycles. The predicted octanol–water partition coefficient (Wildman–Crippen LogP) is 3.49. The van der Waals surface area contributed by atoms with Crippen LogP contribution in [0, 0.1) is 0 Å². The summed E-state index contributed by atoms with van der Waals surface area (Å²) in [5, 5.41) is 4.20. The fourth-order valence-corrected chi connectivity index (χ4v) is 3.11. The Bertz CT molecular complexity index is 431. The second-order valence-corrected chi connectivity index (χ2v) is 5.30. The SMILES string of the molecule is O=Cc1cc[s+](CCc2ccccc2)c1. The molecular weight excluding hydrogens is 204 g/mol. The topological polar surface area (TPSA) is 17.1 Å². The molecule has 76 valence electrons. The van der Waals surface area contributed by atoms with E-state index in [4.69, 9.17) is 0 Å². The van der Waals surface area contributed by atoms with Crippen LogP contribution in [0.1, 0.15) is 15.9 Å². The highest BCUT2D eigenvalue weighted by molar-refractivity contribution is 7.27. The Morgan fingerprint density at radius 2 is 1.93 bits per heavy atom. The molecule has 1 aromatic carbocycles. The standard InChI is InChI=1S/C13H13OS/c14-10-13-7-9-15(11-13)8-6-12-4-2-1-3-5-12/h1-5,7,9-11H,6,8H2/q+1. The average Bonchev–Trinajstić information content (AvgIpc) is 2.76. The van der Waals surface area contributed by atoms with E-state index in [1.807, 2.05) is 12.1 Å². The van der Waals surface area contributed by atoms with Crippen molar-refractivity contribution in [2.45, 2.75) is 12.2 Å². The Balaban J connectivity index is 1.96. The van der Waals surface area contributed by atoms with Crippen LogP contribution >= 0.6 is 10.5 Å². The van der Waals surface area contributed by atoms with Gasteiger partial charge in [0.1, 0.15) is 16.5 Å². The van der Waals surface area contributed by atoms with Crippen LogP contribution in [0.2, 0.25) is 0 Å². The number of carbonyl (C=O) groups is 1. The van der Waals surface area contributed by atoms with Gasteiger partial charge < -0.3 is 0 Å². The zero-order valence-corrected chi connectivity index (χ0v) is 9.24. The van der Waals surface area contributed by atoms with Crippen molar-refractivity contribution in [1.29, 1.82) is 0 Å². The molecule has 0 aliphatic heterocycles. The summed E-state index contributed by atoms with van der Waals surface area (Å²) in [6.07, 6.45) is 2.00. The molecule has 1 aromatic heterocycles. The number of carbonyl (C=O) groups excluding carboxylic acids is 1. The summed E-state index contributed by atoms with van der Waals surface area (Å²) in [4.78, 5) is 10.5. The van der Waals surface area contributed by atoms with E-state index in [1.165, 1.54) is 5.56 Å². The van der Waals surface area contributed by atoms with Crippen molar-refractivity contribution in [3.63, 3.8) is 0 Å². The maximum absolute atomic E-state index is 10.5. The summed E-state index contributed by atoms with van der Waals surface area (Å²) in [7, 11) is 0.168. The Labute approximate surface area is 92.4 Å². The Morgan fingerprint density at radius 3 is 2.60 bits per heavy atom. The number of hydrogen-bond acceptors (Lipinski definition) is 1. The molecule has 0 bridgehead atoms. The molecule has 0 spiro atoms. The fraction of sp³-hybridized carbons (Fsp3) is 0.154. The number of aryl methyl sites for hydroxylation is 2. The molecule has 0 amide bonds. The van der Waals surface area contributed by atoms with Crippen LogP contribution in [-0.2, 0) is 12.2 Å². The fourth-order valence-electron chi connectivity index (χ4n) is 1.49. The highest BCUT2D eigenvalue weighted by atomic mass is 32.2. The summed E-state index contributed by atoms with van der Waals surface area (Å²) in [5.74, 6) is 1.11. The summed E-state index contributed by atoms with van der Waals surface area (Å²) < 4.78 is 0. The minimum atomic E-state index is 0.168. The third-order valence-corrected chi connectivity index (χ3v) is 4.06. The summed E-state index contributed by atoms with van der Waals surface area (Å²) in [6, 6.07) is 12.4. The smallest absolute Gasteiger partial charge is 0.155 e. The molecule has 0 fully saturated rings. The third-order valence-electron chi connectivity index (χ3n) is 2.33. The molecule has 1 heterocycles. The molecule has 2 rings (SSSR count). The van der Waals surface area contributed by atoms with Gasteiger partial charge in [0, 0.05) is 12.5 Å². The van der Waals surface area contributed by atoms with Gasteiger partial charge in [-0.25, -0.2) is 0 Å². The van der Waals surface area contributed by atoms with Gasteiger partial charge in [-0.3, -0.25) is 4.79 Å². The van der Waals surface area contributed by atoms with E-state index in [0.717, 1.165) is 24.0 Å². The Morgan fingerprint density at radius 1 is 1.13 bits per heavy atom. The third kappa shape index (κ3) is 2.77. The van der Waals surface area contributed by atoms with Gasteiger partial charge in [0.2, 0.25) is 0 Å². The van der Waals surface area contributed by atoms with Crippen LogP contribution in [0.25, 0.3) is 0 Å². The van der Waals surface area contributed by atoms with E-state index >= 15 is 0 Å². The predicted molar refractivity (Wildman–Crippen MR) is 64.5 cm³/mol. The first-order valence-electron chi connectivity index (χ1n) is 4.96. The Hall–Kier alpha value is -1.41. The van der Waals surface area contributed by atoms with Crippen molar-refractivity contribution >= 4 is 16.8 Å². The first-order chi connectivity index (χ1) is 7.38. The molecule has 1 unspecified atom stereocenters. The van der Waals surface area contributed by atoms with Gasteiger partial charge >= 0.3 is 0 Å². The lowest BCUT2D eigenvalue weighted by Gasteiger charge is -1.94. The number of rotatable bonds is 4. The summed E-state index contributed by atoms with van der Waals surface area (Å²) >= 11 is 0. The van der Waals surface area contributed by atoms with Crippen LogP contribution in [0.15, 0.2) is 47.2 Å². The molecule has 0 aliphatic carbocycles. The van der Waals surface area contributed by atoms with E-state index in [2.05, 4.69) is 35.0 Å². The molecule has 1 nitrogen and oxygen atoms in total. The highest BCUT2D eigenvalue weighted by Gasteiger charge is 2.06. The van der Waals surface area contributed by atoms with E-state index in [0.29, 0.717) is 0 Å². The highest BCUT2D eigenvalue weighted by Crippen LogP contribution is 2.22. The molecule has 0 saturated heterocycles. The first-order valence-corrected chi connectivity index (χ1v) is 6.48. The second kappa shape index (κ2) is 4.89. The van der Waals surface area contributed by atoms with Gasteiger partial charge in [-0.05, 0) is 16.0 Å². The molecule has 2 heteroatoms. The van der Waals surface area contributed by atoms with Crippen molar-refractivity contribution in [1.82, 2.24) is 0 Å². The molecule has 0 radical (unpaired) electrons. The van der Waals surface area contributed by atoms with E-state index in [-0.39, 0.29) is 10.5 Å². The van der Waals surface area contributed by atoms with Crippen LogP contribution < -0.4 is 0 Å².